The molecule has 0 bridgehead atoms. The first-order chi connectivity index (χ1) is 28.2. The van der Waals surface area contributed by atoms with Crippen molar-refractivity contribution >= 4 is 60.9 Å². The van der Waals surface area contributed by atoms with Crippen LogP contribution in [0.2, 0.25) is 0 Å². The molecule has 0 N–H and O–H groups in total. The number of nitrogens with zero attached hydrogens (tertiary/aromatic N) is 4. The summed E-state index contributed by atoms with van der Waals surface area (Å²) in [5.41, 5.74) is 11.3. The van der Waals surface area contributed by atoms with Crippen LogP contribution in [0.3, 0.4) is 0 Å². The fraction of sp³-hybridized carbons (Fsp3) is 0. The van der Waals surface area contributed by atoms with Gasteiger partial charge in [0.1, 0.15) is 22.3 Å². The molecule has 11 rings (SSSR count). The second kappa shape index (κ2) is 13.5. The van der Waals surface area contributed by atoms with Gasteiger partial charge in [-0.2, -0.15) is 0 Å². The molecule has 0 saturated carbocycles. The molecule has 3 heterocycles. The number of hydrogen-bond donors (Lipinski definition) is 0. The van der Waals surface area contributed by atoms with Crippen LogP contribution in [0.5, 0.6) is 0 Å². The number of anilines is 3. The summed E-state index contributed by atoms with van der Waals surface area (Å²) in [6.07, 6.45) is 0. The van der Waals surface area contributed by atoms with Crippen LogP contribution in [0, 0.1) is 0 Å². The van der Waals surface area contributed by atoms with Crippen LogP contribution in [-0.4, -0.2) is 15.0 Å². The first-order valence-electron chi connectivity index (χ1n) is 18.9. The number of benzene rings is 8. The van der Waals surface area contributed by atoms with Crippen LogP contribution in [-0.2, 0) is 0 Å². The molecule has 6 nitrogen and oxygen atoms in total. The monoisotopic (exact) mass is 732 g/mol. The summed E-state index contributed by atoms with van der Waals surface area (Å²) >= 11 is 0. The molecule has 0 aliphatic carbocycles. The van der Waals surface area contributed by atoms with Crippen LogP contribution in [0.4, 0.5) is 17.1 Å². The molecule has 0 aliphatic rings. The fourth-order valence-corrected chi connectivity index (χ4v) is 7.80. The third kappa shape index (κ3) is 5.79. The Morgan fingerprint density at radius 2 is 0.842 bits per heavy atom. The van der Waals surface area contributed by atoms with Gasteiger partial charge < -0.3 is 13.7 Å². The maximum absolute atomic E-state index is 6.55. The van der Waals surface area contributed by atoms with Crippen molar-refractivity contribution in [1.29, 1.82) is 0 Å². The van der Waals surface area contributed by atoms with E-state index in [1.807, 2.05) is 97.1 Å². The lowest BCUT2D eigenvalue weighted by Crippen LogP contribution is -2.09. The zero-order chi connectivity index (χ0) is 37.7. The van der Waals surface area contributed by atoms with E-state index in [0.29, 0.717) is 17.5 Å². The van der Waals surface area contributed by atoms with Crippen molar-refractivity contribution in [2.24, 2.45) is 0 Å². The zero-order valence-corrected chi connectivity index (χ0v) is 30.6. The average Bonchev–Trinajstić information content (AvgIpc) is 3.85. The first-order valence-corrected chi connectivity index (χ1v) is 18.9. The van der Waals surface area contributed by atoms with Gasteiger partial charge in [-0.3, -0.25) is 0 Å². The van der Waals surface area contributed by atoms with Gasteiger partial charge in [0, 0.05) is 61.4 Å². The van der Waals surface area contributed by atoms with Crippen LogP contribution in [0.1, 0.15) is 0 Å². The van der Waals surface area contributed by atoms with Crippen molar-refractivity contribution < 1.29 is 8.83 Å². The van der Waals surface area contributed by atoms with E-state index >= 15 is 0 Å². The summed E-state index contributed by atoms with van der Waals surface area (Å²) in [7, 11) is 0. The SMILES string of the molecule is c1ccc(-c2nc(-c3ccccc3)nc(-c3cccc4oc5cc(-c6ccc(N(c7ccccc7)c7ccc8c(c7)oc7ccccc78)cc6)ccc5c34)n2)cc1. The third-order valence-electron chi connectivity index (χ3n) is 10.5. The number of aromatic nitrogens is 3. The van der Waals surface area contributed by atoms with Gasteiger partial charge in [-0.1, -0.05) is 127 Å². The molecule has 3 aromatic heterocycles. The van der Waals surface area contributed by atoms with Crippen molar-refractivity contribution in [3.05, 3.63) is 194 Å². The topological polar surface area (TPSA) is 68.2 Å². The van der Waals surface area contributed by atoms with Gasteiger partial charge in [0.05, 0.1) is 0 Å². The molecule has 0 atom stereocenters. The summed E-state index contributed by atoms with van der Waals surface area (Å²) in [6, 6.07) is 66.3. The highest BCUT2D eigenvalue weighted by Gasteiger charge is 2.19. The Bertz CT molecular complexity index is 3170. The molecule has 0 fully saturated rings. The van der Waals surface area contributed by atoms with Gasteiger partial charge in [0.25, 0.3) is 0 Å². The minimum atomic E-state index is 0.595. The molecule has 0 aliphatic heterocycles. The maximum atomic E-state index is 6.55. The Labute approximate surface area is 328 Å². The van der Waals surface area contributed by atoms with Gasteiger partial charge in [0.15, 0.2) is 17.5 Å². The molecule has 0 radical (unpaired) electrons. The average molecular weight is 733 g/mol. The standard InChI is InChI=1S/C51H32N4O2/c1-4-13-34(14-5-1)49-52-50(35-15-6-2-7-16-35)54-51(53-49)43-20-12-22-45-48(43)42-29-25-36(31-46(42)57-45)33-23-26-38(27-24-33)55(37-17-8-3-9-18-37)39-28-30-41-40-19-10-11-21-44(40)56-47(41)32-39/h1-32H. The second-order valence-electron chi connectivity index (χ2n) is 14.0. The van der Waals surface area contributed by atoms with Crippen molar-refractivity contribution in [3.63, 3.8) is 0 Å². The molecule has 0 spiro atoms. The molecule has 8 aromatic carbocycles. The fourth-order valence-electron chi connectivity index (χ4n) is 7.80. The lowest BCUT2D eigenvalue weighted by molar-refractivity contribution is 0.668. The van der Waals surface area contributed by atoms with Gasteiger partial charge >= 0.3 is 0 Å². The molecular formula is C51H32N4O2. The van der Waals surface area contributed by atoms with E-state index < -0.39 is 0 Å². The van der Waals surface area contributed by atoms with Crippen molar-refractivity contribution in [2.75, 3.05) is 4.90 Å². The highest BCUT2D eigenvalue weighted by atomic mass is 16.3. The highest BCUT2D eigenvalue weighted by Crippen LogP contribution is 2.41. The Morgan fingerprint density at radius 3 is 1.58 bits per heavy atom. The zero-order valence-electron chi connectivity index (χ0n) is 30.6. The van der Waals surface area contributed by atoms with Crippen molar-refractivity contribution in [2.45, 2.75) is 0 Å². The second-order valence-corrected chi connectivity index (χ2v) is 14.0. The van der Waals surface area contributed by atoms with Crippen LogP contribution in [0.15, 0.2) is 203 Å². The van der Waals surface area contributed by atoms with Crippen molar-refractivity contribution in [1.82, 2.24) is 15.0 Å². The van der Waals surface area contributed by atoms with E-state index in [0.717, 1.165) is 88.8 Å². The smallest absolute Gasteiger partial charge is 0.164 e. The maximum Gasteiger partial charge on any atom is 0.164 e. The number of hydrogen-bond acceptors (Lipinski definition) is 6. The molecule has 0 amide bonds. The summed E-state index contributed by atoms with van der Waals surface area (Å²) in [5, 5.41) is 4.19. The van der Waals surface area contributed by atoms with Crippen molar-refractivity contribution in [3.8, 4) is 45.3 Å². The minimum Gasteiger partial charge on any atom is -0.456 e. The van der Waals surface area contributed by atoms with Crippen LogP contribution < -0.4 is 4.90 Å². The Hall–Kier alpha value is -7.83. The normalized spacial score (nSPS) is 11.5. The Morgan fingerprint density at radius 1 is 0.316 bits per heavy atom. The van der Waals surface area contributed by atoms with Gasteiger partial charge in [-0.25, -0.2) is 15.0 Å². The van der Waals surface area contributed by atoms with Crippen LogP contribution in [0.25, 0.3) is 89.2 Å². The highest BCUT2D eigenvalue weighted by molar-refractivity contribution is 6.12. The lowest BCUT2D eigenvalue weighted by atomic mass is 10.0. The summed E-state index contributed by atoms with van der Waals surface area (Å²) in [4.78, 5) is 17.2. The summed E-state index contributed by atoms with van der Waals surface area (Å²) in [5.74, 6) is 1.84. The number of para-hydroxylation sites is 2. The van der Waals surface area contributed by atoms with E-state index in [4.69, 9.17) is 23.8 Å². The number of rotatable bonds is 7. The predicted octanol–water partition coefficient (Wildman–Crippen LogP) is 13.8. The molecule has 57 heavy (non-hydrogen) atoms. The first kappa shape index (κ1) is 32.6. The van der Waals surface area contributed by atoms with E-state index in [9.17, 15) is 0 Å². The Balaban J connectivity index is 0.975. The lowest BCUT2D eigenvalue weighted by Gasteiger charge is -2.25. The van der Waals surface area contributed by atoms with E-state index in [2.05, 4.69) is 102 Å². The quantitative estimate of drug-likeness (QED) is 0.162. The molecule has 268 valence electrons. The van der Waals surface area contributed by atoms with Crippen LogP contribution >= 0.6 is 0 Å². The number of furan rings is 2. The Kier molecular flexibility index (Phi) is 7.71. The van der Waals surface area contributed by atoms with E-state index in [1.54, 1.807) is 0 Å². The van der Waals surface area contributed by atoms with E-state index in [1.165, 1.54) is 0 Å². The van der Waals surface area contributed by atoms with Gasteiger partial charge in [-0.05, 0) is 71.8 Å². The van der Waals surface area contributed by atoms with Gasteiger partial charge in [-0.15, -0.1) is 0 Å². The molecule has 6 heteroatoms. The molecule has 0 saturated heterocycles. The third-order valence-corrected chi connectivity index (χ3v) is 10.5. The summed E-state index contributed by atoms with van der Waals surface area (Å²) < 4.78 is 12.8. The molecule has 11 aromatic rings. The number of fused-ring (bicyclic) bond motifs is 6. The predicted molar refractivity (Wildman–Crippen MR) is 231 cm³/mol. The van der Waals surface area contributed by atoms with Gasteiger partial charge in [0.2, 0.25) is 0 Å². The largest absolute Gasteiger partial charge is 0.456 e. The molecule has 0 unspecified atom stereocenters. The molecular weight excluding hydrogens is 701 g/mol. The minimum absolute atomic E-state index is 0.595. The summed E-state index contributed by atoms with van der Waals surface area (Å²) in [6.45, 7) is 0. The van der Waals surface area contributed by atoms with E-state index in [-0.39, 0.29) is 0 Å².